The zero-order valence-corrected chi connectivity index (χ0v) is 13.6. The Bertz CT molecular complexity index is 474. The molecule has 0 aliphatic carbocycles. The summed E-state index contributed by atoms with van der Waals surface area (Å²) in [5.41, 5.74) is 0.687. The first-order valence-electron chi connectivity index (χ1n) is 7.82. The number of benzene rings is 1. The maximum absolute atomic E-state index is 11.7. The Balaban J connectivity index is 1.73. The van der Waals surface area contributed by atoms with Crippen molar-refractivity contribution in [3.8, 4) is 5.75 Å². The topological polar surface area (TPSA) is 59.6 Å². The maximum Gasteiger partial charge on any atom is 0.239 e. The van der Waals surface area contributed by atoms with Crippen LogP contribution in [0.4, 0.5) is 5.69 Å². The molecule has 1 aliphatic rings. The highest BCUT2D eigenvalue weighted by Crippen LogP contribution is 2.18. The lowest BCUT2D eigenvalue weighted by atomic mass is 10.1. The average Bonchev–Trinajstić information content (AvgIpc) is 2.95. The smallest absolute Gasteiger partial charge is 0.239 e. The van der Waals surface area contributed by atoms with Crippen LogP contribution in [0.15, 0.2) is 24.3 Å². The fraction of sp³-hybridized carbons (Fsp3) is 0.588. The van der Waals surface area contributed by atoms with E-state index in [4.69, 9.17) is 9.47 Å². The molecule has 1 amide bonds. The average molecular weight is 306 g/mol. The summed E-state index contributed by atoms with van der Waals surface area (Å²) in [4.78, 5) is 11.7. The molecule has 1 aromatic rings. The van der Waals surface area contributed by atoms with Gasteiger partial charge in [-0.05, 0) is 57.9 Å². The van der Waals surface area contributed by atoms with Gasteiger partial charge < -0.3 is 20.1 Å². The molecule has 2 rings (SSSR count). The van der Waals surface area contributed by atoms with E-state index in [1.807, 2.05) is 45.0 Å². The Morgan fingerprint density at radius 3 is 2.64 bits per heavy atom. The van der Waals surface area contributed by atoms with E-state index in [2.05, 4.69) is 10.6 Å². The number of carbonyl (C=O) groups is 1. The van der Waals surface area contributed by atoms with Gasteiger partial charge in [0.25, 0.3) is 0 Å². The third kappa shape index (κ3) is 5.93. The molecular weight excluding hydrogens is 280 g/mol. The van der Waals surface area contributed by atoms with E-state index >= 15 is 0 Å². The second-order valence-corrected chi connectivity index (χ2v) is 6.62. The number of ether oxygens (including phenoxy) is 2. The Morgan fingerprint density at radius 1 is 1.32 bits per heavy atom. The van der Waals surface area contributed by atoms with Crippen LogP contribution in [0.3, 0.4) is 0 Å². The van der Waals surface area contributed by atoms with E-state index in [1.165, 1.54) is 0 Å². The number of hydrogen-bond donors (Lipinski definition) is 2. The summed E-state index contributed by atoms with van der Waals surface area (Å²) in [6.45, 7) is 7.59. The zero-order valence-electron chi connectivity index (χ0n) is 13.6. The highest BCUT2D eigenvalue weighted by molar-refractivity contribution is 5.81. The molecule has 5 heteroatoms. The van der Waals surface area contributed by atoms with Crippen LogP contribution in [0.5, 0.6) is 5.75 Å². The third-order valence-electron chi connectivity index (χ3n) is 3.28. The zero-order chi connectivity index (χ0) is 16.0. The molecule has 1 atom stereocenters. The van der Waals surface area contributed by atoms with Crippen molar-refractivity contribution in [2.24, 2.45) is 0 Å². The van der Waals surface area contributed by atoms with Crippen LogP contribution in [-0.2, 0) is 9.53 Å². The fourth-order valence-electron chi connectivity index (χ4n) is 2.28. The standard InChI is InChI=1S/C17H26N2O3/c1-17(2,3)19-16(20)11-18-13-6-8-14(9-7-13)22-12-15-5-4-10-21-15/h6-9,15,18H,4-5,10-12H2,1-3H3,(H,19,20). The molecular formula is C17H26N2O3. The lowest BCUT2D eigenvalue weighted by molar-refractivity contribution is -0.120. The predicted octanol–water partition coefficient (Wildman–Crippen LogP) is 2.57. The van der Waals surface area contributed by atoms with Crippen LogP contribution in [0, 0.1) is 0 Å². The summed E-state index contributed by atoms with van der Waals surface area (Å²) in [5, 5.41) is 6.01. The van der Waals surface area contributed by atoms with Gasteiger partial charge in [-0.25, -0.2) is 0 Å². The summed E-state index contributed by atoms with van der Waals surface area (Å²) in [5.74, 6) is 0.798. The van der Waals surface area contributed by atoms with Gasteiger partial charge in [-0.3, -0.25) is 4.79 Å². The van der Waals surface area contributed by atoms with Crippen molar-refractivity contribution in [2.45, 2.75) is 45.3 Å². The summed E-state index contributed by atoms with van der Waals surface area (Å²) in [6.07, 6.45) is 2.41. The van der Waals surface area contributed by atoms with Gasteiger partial charge in [0.1, 0.15) is 12.4 Å². The normalized spacial score (nSPS) is 18.0. The van der Waals surface area contributed by atoms with Crippen LogP contribution in [0.25, 0.3) is 0 Å². The van der Waals surface area contributed by atoms with Crippen molar-refractivity contribution in [1.82, 2.24) is 5.32 Å². The van der Waals surface area contributed by atoms with Crippen molar-refractivity contribution in [3.05, 3.63) is 24.3 Å². The number of hydrogen-bond acceptors (Lipinski definition) is 4. The first-order chi connectivity index (χ1) is 10.4. The van der Waals surface area contributed by atoms with Crippen molar-refractivity contribution in [3.63, 3.8) is 0 Å². The quantitative estimate of drug-likeness (QED) is 0.848. The minimum atomic E-state index is -0.210. The van der Waals surface area contributed by atoms with E-state index in [-0.39, 0.29) is 24.1 Å². The molecule has 1 unspecified atom stereocenters. The van der Waals surface area contributed by atoms with Gasteiger partial charge >= 0.3 is 0 Å². The molecule has 0 bridgehead atoms. The van der Waals surface area contributed by atoms with Crippen molar-refractivity contribution in [2.75, 3.05) is 25.1 Å². The molecule has 5 nitrogen and oxygen atoms in total. The molecule has 1 heterocycles. The van der Waals surface area contributed by atoms with Crippen LogP contribution in [0.2, 0.25) is 0 Å². The van der Waals surface area contributed by atoms with Crippen LogP contribution in [-0.4, -0.2) is 37.3 Å². The highest BCUT2D eigenvalue weighted by atomic mass is 16.5. The predicted molar refractivity (Wildman–Crippen MR) is 87.3 cm³/mol. The Kier molecular flexibility index (Phi) is 5.66. The minimum absolute atomic E-state index is 0.0220. The molecule has 1 aromatic carbocycles. The van der Waals surface area contributed by atoms with Gasteiger partial charge in [-0.1, -0.05) is 0 Å². The number of anilines is 1. The Hall–Kier alpha value is -1.75. The maximum atomic E-state index is 11.7. The van der Waals surface area contributed by atoms with Crippen LogP contribution in [0.1, 0.15) is 33.6 Å². The second-order valence-electron chi connectivity index (χ2n) is 6.62. The lowest BCUT2D eigenvalue weighted by Gasteiger charge is -2.20. The van der Waals surface area contributed by atoms with E-state index in [0.29, 0.717) is 6.61 Å². The lowest BCUT2D eigenvalue weighted by Crippen LogP contribution is -2.43. The molecule has 122 valence electrons. The monoisotopic (exact) mass is 306 g/mol. The molecule has 1 saturated heterocycles. The van der Waals surface area contributed by atoms with Crippen molar-refractivity contribution < 1.29 is 14.3 Å². The Labute approximate surface area is 132 Å². The minimum Gasteiger partial charge on any atom is -0.491 e. The second kappa shape index (κ2) is 7.49. The number of amides is 1. The molecule has 1 fully saturated rings. The molecule has 0 spiro atoms. The first-order valence-corrected chi connectivity index (χ1v) is 7.82. The van der Waals surface area contributed by atoms with Gasteiger partial charge in [0.05, 0.1) is 12.6 Å². The highest BCUT2D eigenvalue weighted by Gasteiger charge is 2.16. The van der Waals surface area contributed by atoms with Gasteiger partial charge in [0.2, 0.25) is 5.91 Å². The van der Waals surface area contributed by atoms with Crippen molar-refractivity contribution in [1.29, 1.82) is 0 Å². The van der Waals surface area contributed by atoms with E-state index in [0.717, 1.165) is 30.9 Å². The molecule has 22 heavy (non-hydrogen) atoms. The summed E-state index contributed by atoms with van der Waals surface area (Å²) >= 11 is 0. The first kappa shape index (κ1) is 16.6. The molecule has 1 aliphatic heterocycles. The molecule has 0 aromatic heterocycles. The number of nitrogens with one attached hydrogen (secondary N) is 2. The van der Waals surface area contributed by atoms with Crippen LogP contribution < -0.4 is 15.4 Å². The van der Waals surface area contributed by atoms with Gasteiger partial charge in [-0.2, -0.15) is 0 Å². The van der Waals surface area contributed by atoms with Gasteiger partial charge in [-0.15, -0.1) is 0 Å². The fourth-order valence-corrected chi connectivity index (χ4v) is 2.28. The van der Waals surface area contributed by atoms with Gasteiger partial charge in [0, 0.05) is 17.8 Å². The molecule has 0 saturated carbocycles. The van der Waals surface area contributed by atoms with Crippen molar-refractivity contribution >= 4 is 11.6 Å². The molecule has 2 N–H and O–H groups in total. The third-order valence-corrected chi connectivity index (χ3v) is 3.28. The summed E-state index contributed by atoms with van der Waals surface area (Å²) in [7, 11) is 0. The molecule has 0 radical (unpaired) electrons. The Morgan fingerprint density at radius 2 is 2.05 bits per heavy atom. The van der Waals surface area contributed by atoms with Gasteiger partial charge in [0.15, 0.2) is 0 Å². The van der Waals surface area contributed by atoms with E-state index in [1.54, 1.807) is 0 Å². The van der Waals surface area contributed by atoms with E-state index < -0.39 is 0 Å². The number of carbonyl (C=O) groups excluding carboxylic acids is 1. The van der Waals surface area contributed by atoms with Crippen LogP contribution >= 0.6 is 0 Å². The number of rotatable bonds is 6. The van der Waals surface area contributed by atoms with E-state index in [9.17, 15) is 4.79 Å². The SMILES string of the molecule is CC(C)(C)NC(=O)CNc1ccc(OCC2CCCO2)cc1. The summed E-state index contributed by atoms with van der Waals surface area (Å²) < 4.78 is 11.2. The summed E-state index contributed by atoms with van der Waals surface area (Å²) in [6, 6.07) is 7.63. The largest absolute Gasteiger partial charge is 0.491 e.